The van der Waals surface area contributed by atoms with Crippen LogP contribution >= 0.6 is 0 Å². The predicted molar refractivity (Wildman–Crippen MR) is 74.3 cm³/mol. The number of rotatable bonds is 6. The third-order valence-corrected chi connectivity index (χ3v) is 2.41. The second kappa shape index (κ2) is 8.23. The van der Waals surface area contributed by atoms with Crippen LogP contribution in [0.15, 0.2) is 23.8 Å². The van der Waals surface area contributed by atoms with Gasteiger partial charge in [0.05, 0.1) is 13.7 Å². The van der Waals surface area contributed by atoms with Crippen molar-refractivity contribution in [3.63, 3.8) is 0 Å². The molecule has 6 nitrogen and oxygen atoms in total. The molecule has 0 saturated heterocycles. The molecule has 0 N–H and O–H groups in total. The smallest absolute Gasteiger partial charge is 0.344 e. The van der Waals surface area contributed by atoms with Gasteiger partial charge in [0, 0.05) is 5.56 Å². The lowest BCUT2D eigenvalue weighted by Gasteiger charge is -2.12. The summed E-state index contributed by atoms with van der Waals surface area (Å²) in [6.45, 7) is 1.67. The van der Waals surface area contributed by atoms with Gasteiger partial charge in [-0.25, -0.2) is 4.79 Å². The van der Waals surface area contributed by atoms with Crippen LogP contribution in [0.4, 0.5) is 0 Å². The average Bonchev–Trinajstić information content (AvgIpc) is 2.51. The first-order valence-corrected chi connectivity index (χ1v) is 6.13. The van der Waals surface area contributed by atoms with Crippen molar-refractivity contribution >= 4 is 12.0 Å². The molecule has 1 rings (SSSR count). The second-order valence-corrected chi connectivity index (χ2v) is 3.75. The summed E-state index contributed by atoms with van der Waals surface area (Å²) >= 11 is 0. The highest BCUT2D eigenvalue weighted by Crippen LogP contribution is 2.32. The molecule has 0 radical (unpaired) electrons. The number of carbonyl (C=O) groups is 1. The van der Waals surface area contributed by atoms with Crippen LogP contribution in [-0.2, 0) is 9.53 Å². The number of carbonyl (C=O) groups excluding carboxylic acids is 1. The van der Waals surface area contributed by atoms with Crippen LogP contribution in [0.3, 0.4) is 0 Å². The fraction of sp³-hybridized carbons (Fsp3) is 0.267. The Bertz CT molecular complexity index is 608. The minimum Gasteiger partial charge on any atom is -0.493 e. The topological polar surface area (TPSA) is 92.3 Å². The van der Waals surface area contributed by atoms with Crippen molar-refractivity contribution in [2.24, 2.45) is 0 Å². The minimum absolute atomic E-state index is 0.0794. The molecule has 0 aliphatic carbocycles. The van der Waals surface area contributed by atoms with E-state index < -0.39 is 5.97 Å². The number of allylic oxidation sites excluding steroid dienone is 1. The van der Waals surface area contributed by atoms with Crippen LogP contribution in [0, 0.1) is 22.7 Å². The molecule has 0 atom stereocenters. The quantitative estimate of drug-likeness (QED) is 0.587. The molecule has 0 fully saturated rings. The normalized spacial score (nSPS) is 8.95. The summed E-state index contributed by atoms with van der Waals surface area (Å²) in [4.78, 5) is 11.4. The molecule has 108 valence electrons. The summed E-state index contributed by atoms with van der Waals surface area (Å²) in [7, 11) is 1.45. The van der Waals surface area contributed by atoms with Gasteiger partial charge >= 0.3 is 5.97 Å². The molecule has 0 unspecified atom stereocenters. The summed E-state index contributed by atoms with van der Waals surface area (Å²) < 4.78 is 15.3. The molecule has 0 saturated carbocycles. The van der Waals surface area contributed by atoms with Gasteiger partial charge in [0.25, 0.3) is 0 Å². The lowest BCUT2D eigenvalue weighted by Crippen LogP contribution is -2.15. The molecule has 0 spiro atoms. The van der Waals surface area contributed by atoms with E-state index in [1.165, 1.54) is 13.2 Å². The van der Waals surface area contributed by atoms with E-state index in [0.29, 0.717) is 11.3 Å². The van der Waals surface area contributed by atoms with Gasteiger partial charge in [-0.3, -0.25) is 0 Å². The zero-order valence-electron chi connectivity index (χ0n) is 11.8. The summed E-state index contributed by atoms with van der Waals surface area (Å²) in [6, 6.07) is 8.51. The molecule has 0 bridgehead atoms. The Morgan fingerprint density at radius 1 is 1.33 bits per heavy atom. The van der Waals surface area contributed by atoms with Gasteiger partial charge in [-0.2, -0.15) is 10.5 Å². The minimum atomic E-state index is -0.515. The van der Waals surface area contributed by atoms with Crippen molar-refractivity contribution in [2.75, 3.05) is 20.3 Å². The lowest BCUT2D eigenvalue weighted by atomic mass is 10.1. The number of hydrogen-bond acceptors (Lipinski definition) is 6. The maximum atomic E-state index is 11.4. The van der Waals surface area contributed by atoms with E-state index >= 15 is 0 Å². The lowest BCUT2D eigenvalue weighted by molar-refractivity contribution is -0.145. The van der Waals surface area contributed by atoms with E-state index in [1.807, 2.05) is 0 Å². The summed E-state index contributed by atoms with van der Waals surface area (Å²) in [5.74, 6) is 0.151. The van der Waals surface area contributed by atoms with Gasteiger partial charge in [-0.15, -0.1) is 0 Å². The summed E-state index contributed by atoms with van der Waals surface area (Å²) in [5.41, 5.74) is 0.390. The number of benzene rings is 1. The highest BCUT2D eigenvalue weighted by Gasteiger charge is 2.12. The monoisotopic (exact) mass is 286 g/mol. The number of hydrogen-bond donors (Lipinski definition) is 0. The Morgan fingerprint density at radius 2 is 2.05 bits per heavy atom. The summed E-state index contributed by atoms with van der Waals surface area (Å²) in [5, 5.41) is 17.6. The van der Waals surface area contributed by atoms with Crippen LogP contribution in [0.2, 0.25) is 0 Å². The Kier molecular flexibility index (Phi) is 6.30. The molecule has 0 aliphatic heterocycles. The molecule has 0 amide bonds. The number of methoxy groups -OCH3 is 1. The Balaban J connectivity index is 3.10. The molecule has 0 aliphatic rings. The number of nitriles is 2. The Hall–Kier alpha value is -2.99. The maximum absolute atomic E-state index is 11.4. The molecule has 1 aromatic rings. The molecular weight excluding hydrogens is 272 g/mol. The van der Waals surface area contributed by atoms with Gasteiger partial charge in [-0.05, 0) is 19.1 Å². The Morgan fingerprint density at radius 3 is 2.62 bits per heavy atom. The van der Waals surface area contributed by atoms with Crippen molar-refractivity contribution in [1.82, 2.24) is 0 Å². The SMILES string of the molecule is CCOC(=O)COc1c(C=C(C#N)C#N)cccc1OC. The van der Waals surface area contributed by atoms with Crippen LogP contribution in [-0.4, -0.2) is 26.3 Å². The molecular formula is C15H14N2O4. The van der Waals surface area contributed by atoms with Gasteiger partial charge < -0.3 is 14.2 Å². The number of nitrogens with zero attached hydrogens (tertiary/aromatic N) is 2. The van der Waals surface area contributed by atoms with Crippen molar-refractivity contribution in [3.05, 3.63) is 29.3 Å². The van der Waals surface area contributed by atoms with E-state index in [2.05, 4.69) is 0 Å². The molecule has 0 aromatic heterocycles. The molecule has 1 aromatic carbocycles. The zero-order chi connectivity index (χ0) is 15.7. The van der Waals surface area contributed by atoms with Crippen molar-refractivity contribution in [1.29, 1.82) is 10.5 Å². The van der Waals surface area contributed by atoms with Gasteiger partial charge in [0.15, 0.2) is 18.1 Å². The predicted octanol–water partition coefficient (Wildman–Crippen LogP) is 2.07. The zero-order valence-corrected chi connectivity index (χ0v) is 11.8. The van der Waals surface area contributed by atoms with Gasteiger partial charge in [0.1, 0.15) is 17.7 Å². The summed E-state index contributed by atoms with van der Waals surface area (Å²) in [6.07, 6.45) is 1.36. The molecule has 0 heterocycles. The van der Waals surface area contributed by atoms with Gasteiger partial charge in [-0.1, -0.05) is 12.1 Å². The third-order valence-electron chi connectivity index (χ3n) is 2.41. The van der Waals surface area contributed by atoms with Crippen molar-refractivity contribution in [2.45, 2.75) is 6.92 Å². The number of para-hydroxylation sites is 1. The van der Waals surface area contributed by atoms with Crippen LogP contribution in [0.1, 0.15) is 12.5 Å². The molecule has 6 heteroatoms. The standard InChI is InChI=1S/C15H14N2O4/c1-3-20-14(18)10-21-15-12(7-11(8-16)9-17)5-4-6-13(15)19-2/h4-7H,3,10H2,1-2H3. The van der Waals surface area contributed by atoms with Crippen LogP contribution in [0.5, 0.6) is 11.5 Å². The second-order valence-electron chi connectivity index (χ2n) is 3.75. The first kappa shape index (κ1) is 16.1. The van der Waals surface area contributed by atoms with E-state index in [4.69, 9.17) is 24.7 Å². The van der Waals surface area contributed by atoms with E-state index in [-0.39, 0.29) is 24.5 Å². The first-order valence-electron chi connectivity index (χ1n) is 6.13. The van der Waals surface area contributed by atoms with E-state index in [9.17, 15) is 4.79 Å². The van der Waals surface area contributed by atoms with Crippen molar-refractivity contribution < 1.29 is 19.0 Å². The molecule has 21 heavy (non-hydrogen) atoms. The van der Waals surface area contributed by atoms with E-state index in [1.54, 1.807) is 37.3 Å². The van der Waals surface area contributed by atoms with Crippen LogP contribution < -0.4 is 9.47 Å². The van der Waals surface area contributed by atoms with Crippen LogP contribution in [0.25, 0.3) is 6.08 Å². The highest BCUT2D eigenvalue weighted by molar-refractivity contribution is 5.73. The Labute approximate surface area is 122 Å². The average molecular weight is 286 g/mol. The maximum Gasteiger partial charge on any atom is 0.344 e. The number of ether oxygens (including phenoxy) is 3. The van der Waals surface area contributed by atoms with E-state index in [0.717, 1.165) is 0 Å². The fourth-order valence-electron chi connectivity index (χ4n) is 1.54. The highest BCUT2D eigenvalue weighted by atomic mass is 16.6. The largest absolute Gasteiger partial charge is 0.493 e. The number of esters is 1. The third kappa shape index (κ3) is 4.55. The fourth-order valence-corrected chi connectivity index (χ4v) is 1.54. The first-order chi connectivity index (χ1) is 10.2. The van der Waals surface area contributed by atoms with Crippen molar-refractivity contribution in [3.8, 4) is 23.6 Å². The van der Waals surface area contributed by atoms with Gasteiger partial charge in [0.2, 0.25) is 0 Å².